The third-order valence-corrected chi connectivity index (χ3v) is 4.06. The Balaban J connectivity index is 1.80. The lowest BCUT2D eigenvalue weighted by atomic mass is 10.2. The van der Waals surface area contributed by atoms with E-state index in [1.807, 2.05) is 0 Å². The first-order valence-electron chi connectivity index (χ1n) is 6.29. The van der Waals surface area contributed by atoms with Gasteiger partial charge in [0.25, 0.3) is 5.24 Å². The predicted molar refractivity (Wildman–Crippen MR) is 83.3 cm³/mol. The number of rotatable bonds is 5. The van der Waals surface area contributed by atoms with Crippen LogP contribution in [0.25, 0.3) is 0 Å². The van der Waals surface area contributed by atoms with Crippen LogP contribution in [0.3, 0.4) is 0 Å². The van der Waals surface area contributed by atoms with Gasteiger partial charge in [0.2, 0.25) is 11.8 Å². The number of anilines is 2. The average Bonchev–Trinajstić information content (AvgIpc) is 2.74. The Bertz CT molecular complexity index is 578. The second kappa shape index (κ2) is 6.82. The summed E-state index contributed by atoms with van der Waals surface area (Å²) in [6, 6.07) is 4.82. The van der Waals surface area contributed by atoms with Crippen molar-refractivity contribution in [3.8, 4) is 0 Å². The summed E-state index contributed by atoms with van der Waals surface area (Å²) in [4.78, 5) is 35.7. The highest BCUT2D eigenvalue weighted by atomic mass is 35.5. The summed E-state index contributed by atoms with van der Waals surface area (Å²) in [6.07, 6.45) is 0.610. The molecule has 0 radical (unpaired) electrons. The molecule has 0 spiro atoms. The smallest absolute Gasteiger partial charge is 0.288 e. The van der Waals surface area contributed by atoms with Crippen LogP contribution in [0.4, 0.5) is 16.2 Å². The van der Waals surface area contributed by atoms with Crippen molar-refractivity contribution in [3.05, 3.63) is 23.2 Å². The normalized spacial score (nSPS) is 14.6. The van der Waals surface area contributed by atoms with Crippen LogP contribution >= 0.6 is 23.4 Å². The van der Waals surface area contributed by atoms with E-state index >= 15 is 0 Å². The Morgan fingerprint density at radius 2 is 2.19 bits per heavy atom. The minimum Gasteiger partial charge on any atom is -0.399 e. The van der Waals surface area contributed by atoms with E-state index in [-0.39, 0.29) is 35.8 Å². The van der Waals surface area contributed by atoms with Crippen LogP contribution in [0, 0.1) is 0 Å². The van der Waals surface area contributed by atoms with Crippen molar-refractivity contribution >= 4 is 51.8 Å². The highest BCUT2D eigenvalue weighted by Gasteiger charge is 2.29. The van der Waals surface area contributed by atoms with E-state index in [4.69, 9.17) is 17.3 Å². The van der Waals surface area contributed by atoms with Gasteiger partial charge >= 0.3 is 0 Å². The molecule has 0 saturated carbocycles. The fraction of sp³-hybridized carbons (Fsp3) is 0.308. The van der Waals surface area contributed by atoms with Crippen LogP contribution < -0.4 is 11.1 Å². The van der Waals surface area contributed by atoms with Gasteiger partial charge in [0.1, 0.15) is 0 Å². The molecule has 3 N–H and O–H groups in total. The third-order valence-electron chi connectivity index (χ3n) is 2.89. The Morgan fingerprint density at radius 3 is 2.81 bits per heavy atom. The number of benzene rings is 1. The zero-order chi connectivity index (χ0) is 15.4. The largest absolute Gasteiger partial charge is 0.399 e. The average molecular weight is 328 g/mol. The van der Waals surface area contributed by atoms with Crippen molar-refractivity contribution in [3.63, 3.8) is 0 Å². The van der Waals surface area contributed by atoms with Crippen LogP contribution in [0.1, 0.15) is 12.8 Å². The highest BCUT2D eigenvalue weighted by molar-refractivity contribution is 8.14. The number of carbonyl (C=O) groups is 3. The summed E-state index contributed by atoms with van der Waals surface area (Å²) in [5.74, 6) is -0.244. The Kier molecular flexibility index (Phi) is 5.08. The molecule has 0 unspecified atom stereocenters. The number of nitrogens with two attached hydrogens (primary N) is 1. The topological polar surface area (TPSA) is 92.5 Å². The minimum absolute atomic E-state index is 0.187. The summed E-state index contributed by atoms with van der Waals surface area (Å²) < 4.78 is 0. The van der Waals surface area contributed by atoms with Crippen LogP contribution in [0.5, 0.6) is 0 Å². The summed E-state index contributed by atoms with van der Waals surface area (Å²) in [7, 11) is 0. The molecule has 1 aliphatic rings. The Hall–Kier alpha value is -1.73. The van der Waals surface area contributed by atoms with Gasteiger partial charge < -0.3 is 11.1 Å². The van der Waals surface area contributed by atoms with Gasteiger partial charge in [0.15, 0.2) is 0 Å². The van der Waals surface area contributed by atoms with Crippen LogP contribution in [0.2, 0.25) is 5.02 Å². The SMILES string of the molecule is Nc1ccc(NC(=O)CCCN2C(=O)CSC2=O)c(Cl)c1. The summed E-state index contributed by atoms with van der Waals surface area (Å²) in [6.45, 7) is 0.257. The van der Waals surface area contributed by atoms with E-state index in [0.29, 0.717) is 22.8 Å². The maximum absolute atomic E-state index is 11.8. The molecule has 8 heteroatoms. The number of hydrogen-bond acceptors (Lipinski definition) is 5. The van der Waals surface area contributed by atoms with Crippen molar-refractivity contribution in [1.82, 2.24) is 4.90 Å². The fourth-order valence-electron chi connectivity index (χ4n) is 1.84. The van der Waals surface area contributed by atoms with E-state index < -0.39 is 0 Å². The molecule has 0 aliphatic carbocycles. The maximum Gasteiger partial charge on any atom is 0.288 e. The van der Waals surface area contributed by atoms with Gasteiger partial charge in [-0.05, 0) is 24.6 Å². The zero-order valence-electron chi connectivity index (χ0n) is 11.1. The first-order chi connectivity index (χ1) is 9.97. The number of nitrogens with one attached hydrogen (secondary N) is 1. The number of halogens is 1. The van der Waals surface area contributed by atoms with E-state index in [2.05, 4.69) is 5.32 Å². The molecule has 1 heterocycles. The molecular weight excluding hydrogens is 314 g/mol. The minimum atomic E-state index is -0.248. The molecule has 21 heavy (non-hydrogen) atoms. The number of hydrogen-bond donors (Lipinski definition) is 2. The second-order valence-corrected chi connectivity index (χ2v) is 5.82. The lowest BCUT2D eigenvalue weighted by Crippen LogP contribution is -2.30. The third kappa shape index (κ3) is 4.12. The van der Waals surface area contributed by atoms with E-state index in [1.165, 1.54) is 4.90 Å². The van der Waals surface area contributed by atoms with Crippen LogP contribution in [0.15, 0.2) is 18.2 Å². The van der Waals surface area contributed by atoms with Crippen molar-refractivity contribution in [2.45, 2.75) is 12.8 Å². The summed E-state index contributed by atoms with van der Waals surface area (Å²) in [5, 5.41) is 2.78. The monoisotopic (exact) mass is 327 g/mol. The summed E-state index contributed by atoms with van der Waals surface area (Å²) >= 11 is 6.94. The molecule has 1 saturated heterocycles. The molecule has 6 nitrogen and oxygen atoms in total. The second-order valence-electron chi connectivity index (χ2n) is 4.49. The highest BCUT2D eigenvalue weighted by Crippen LogP contribution is 2.24. The van der Waals surface area contributed by atoms with Gasteiger partial charge in [-0.3, -0.25) is 19.3 Å². The number of nitrogen functional groups attached to an aromatic ring is 1. The van der Waals surface area contributed by atoms with Crippen LogP contribution in [-0.4, -0.2) is 34.3 Å². The lowest BCUT2D eigenvalue weighted by Gasteiger charge is -2.12. The molecule has 0 aromatic heterocycles. The Morgan fingerprint density at radius 1 is 1.43 bits per heavy atom. The molecular formula is C13H14ClN3O3S. The predicted octanol–water partition coefficient (Wildman–Crippen LogP) is 2.34. The van der Waals surface area contributed by atoms with Gasteiger partial charge in [0.05, 0.1) is 16.5 Å². The molecule has 112 valence electrons. The van der Waals surface area contributed by atoms with E-state index in [1.54, 1.807) is 18.2 Å². The molecule has 0 bridgehead atoms. The molecule has 1 aromatic rings. The number of amides is 3. The standard InChI is InChI=1S/C13H14ClN3O3S/c14-9-6-8(15)3-4-10(9)16-11(18)2-1-5-17-12(19)7-21-13(17)20/h3-4,6H,1-2,5,7,15H2,(H,16,18). The molecule has 3 amide bonds. The van der Waals surface area contributed by atoms with E-state index in [9.17, 15) is 14.4 Å². The first-order valence-corrected chi connectivity index (χ1v) is 7.65. The number of carbonyl (C=O) groups excluding carboxylic acids is 3. The van der Waals surface area contributed by atoms with Gasteiger partial charge in [0, 0.05) is 18.7 Å². The van der Waals surface area contributed by atoms with Gasteiger partial charge in [-0.15, -0.1) is 0 Å². The molecule has 0 atom stereocenters. The first kappa shape index (κ1) is 15.7. The van der Waals surface area contributed by atoms with Gasteiger partial charge in [-0.1, -0.05) is 23.4 Å². The maximum atomic E-state index is 11.8. The van der Waals surface area contributed by atoms with Crippen molar-refractivity contribution in [2.75, 3.05) is 23.3 Å². The van der Waals surface area contributed by atoms with Gasteiger partial charge in [-0.25, -0.2) is 0 Å². The summed E-state index contributed by atoms with van der Waals surface area (Å²) in [5.41, 5.74) is 6.57. The van der Waals surface area contributed by atoms with Crippen molar-refractivity contribution in [2.24, 2.45) is 0 Å². The van der Waals surface area contributed by atoms with Crippen molar-refractivity contribution in [1.29, 1.82) is 0 Å². The van der Waals surface area contributed by atoms with Crippen molar-refractivity contribution < 1.29 is 14.4 Å². The molecule has 2 rings (SSSR count). The number of nitrogens with zero attached hydrogens (tertiary/aromatic N) is 1. The quantitative estimate of drug-likeness (QED) is 0.810. The Labute approximate surface area is 131 Å². The lowest BCUT2D eigenvalue weighted by molar-refractivity contribution is -0.125. The zero-order valence-corrected chi connectivity index (χ0v) is 12.7. The van der Waals surface area contributed by atoms with Gasteiger partial charge in [-0.2, -0.15) is 0 Å². The number of imide groups is 1. The van der Waals surface area contributed by atoms with Crippen LogP contribution in [-0.2, 0) is 9.59 Å². The molecule has 1 aliphatic heterocycles. The molecule has 1 fully saturated rings. The molecule has 1 aromatic carbocycles. The fourth-order valence-corrected chi connectivity index (χ4v) is 2.83. The van der Waals surface area contributed by atoms with E-state index in [0.717, 1.165) is 11.8 Å². The number of thioether (sulfide) groups is 1.